The molecule has 2 unspecified atom stereocenters. The highest BCUT2D eigenvalue weighted by molar-refractivity contribution is 5.87. The van der Waals surface area contributed by atoms with E-state index >= 15 is 0 Å². The number of allylic oxidation sites excluding steroid dienone is 6. The second kappa shape index (κ2) is 43.6. The van der Waals surface area contributed by atoms with Crippen molar-refractivity contribution in [2.24, 2.45) is 0 Å². The van der Waals surface area contributed by atoms with Gasteiger partial charge in [0.2, 0.25) is 11.8 Å². The lowest BCUT2D eigenvalue weighted by Crippen LogP contribution is -2.47. The Morgan fingerprint density at radius 1 is 0.517 bits per heavy atom. The maximum absolute atomic E-state index is 12.8. The van der Waals surface area contributed by atoms with Crippen molar-refractivity contribution >= 4 is 23.8 Å². The minimum absolute atomic E-state index is 0.0183. The van der Waals surface area contributed by atoms with Crippen LogP contribution in [0.4, 0.5) is 0 Å². The summed E-state index contributed by atoms with van der Waals surface area (Å²) in [6, 6.07) is -1.38. The van der Waals surface area contributed by atoms with Crippen molar-refractivity contribution in [3.8, 4) is 0 Å². The zero-order valence-electron chi connectivity index (χ0n) is 37.3. The van der Waals surface area contributed by atoms with E-state index in [0.29, 0.717) is 19.3 Å². The molecule has 0 aliphatic carbocycles. The van der Waals surface area contributed by atoms with Crippen molar-refractivity contribution in [3.05, 3.63) is 36.5 Å². The quantitative estimate of drug-likeness (QED) is 0.0273. The van der Waals surface area contributed by atoms with Crippen LogP contribution in [-0.4, -0.2) is 59.3 Å². The van der Waals surface area contributed by atoms with E-state index in [1.807, 2.05) is 0 Å². The number of carboxylic acid groups (broad SMARTS) is 1. The maximum atomic E-state index is 12.8. The molecule has 9 heteroatoms. The van der Waals surface area contributed by atoms with Crippen LogP contribution in [-0.2, 0) is 23.9 Å². The Kier molecular flexibility index (Phi) is 41.4. The molecule has 4 N–H and O–H groups in total. The molecule has 0 fully saturated rings. The monoisotopic (exact) mass is 817 g/mol. The van der Waals surface area contributed by atoms with Crippen LogP contribution in [0.5, 0.6) is 0 Å². The van der Waals surface area contributed by atoms with Crippen LogP contribution in [0.15, 0.2) is 36.5 Å². The Labute approximate surface area is 355 Å². The number of aliphatic carboxylic acids is 1. The number of carbonyl (C=O) groups excluding carboxylic acids is 3. The molecular formula is C49H88N2O7. The van der Waals surface area contributed by atoms with Crippen LogP contribution >= 0.6 is 0 Å². The molecule has 2 amide bonds. The first-order chi connectivity index (χ1) is 28.3. The summed E-state index contributed by atoms with van der Waals surface area (Å²) in [5.41, 5.74) is 0. The maximum Gasteiger partial charge on any atom is 0.328 e. The summed E-state index contributed by atoms with van der Waals surface area (Å²) in [5, 5.41) is 22.6. The average Bonchev–Trinajstić information content (AvgIpc) is 3.21. The number of nitrogens with one attached hydrogen (secondary N) is 2. The summed E-state index contributed by atoms with van der Waals surface area (Å²) < 4.78 is 6.04. The molecule has 58 heavy (non-hydrogen) atoms. The Balaban J connectivity index is 4.28. The largest absolute Gasteiger partial charge is 0.480 e. The fourth-order valence-corrected chi connectivity index (χ4v) is 6.96. The van der Waals surface area contributed by atoms with Crippen molar-refractivity contribution in [1.29, 1.82) is 0 Å². The summed E-state index contributed by atoms with van der Waals surface area (Å²) in [4.78, 5) is 47.7. The van der Waals surface area contributed by atoms with Gasteiger partial charge in [0.15, 0.2) is 0 Å². The number of unbranched alkanes of at least 4 members (excludes halogenated alkanes) is 23. The number of rotatable bonds is 43. The second-order valence-corrected chi connectivity index (χ2v) is 16.2. The van der Waals surface area contributed by atoms with E-state index in [4.69, 9.17) is 14.9 Å². The third kappa shape index (κ3) is 39.9. The van der Waals surface area contributed by atoms with Gasteiger partial charge in [0, 0.05) is 12.8 Å². The van der Waals surface area contributed by atoms with Gasteiger partial charge in [-0.05, 0) is 77.0 Å². The number of esters is 1. The number of aliphatic hydroxyl groups excluding tert-OH is 1. The first-order valence-corrected chi connectivity index (χ1v) is 23.9. The second-order valence-electron chi connectivity index (χ2n) is 16.2. The van der Waals surface area contributed by atoms with Crippen LogP contribution in [0, 0.1) is 0 Å². The highest BCUT2D eigenvalue weighted by atomic mass is 16.5. The first-order valence-electron chi connectivity index (χ1n) is 23.9. The van der Waals surface area contributed by atoms with Crippen LogP contribution in [0.25, 0.3) is 0 Å². The standard InChI is InChI=1S/C49H88N2O7/c1-3-5-7-9-11-13-15-16-17-18-19-20-21-22-24-26-28-33-37-41-48(55)58-44(38-34-30-27-25-23-14-12-10-8-6-4-2)39-35-31-29-32-36-40-46(53)50-42-47(54)51-45(43-52)49(56)57/h11,13,16-17,19-20,44-45,52H,3-10,12,14-15,18,21-43H2,1-2H3,(H,50,53)(H,51,54)(H,56,57)/b13-11-,17-16-,20-19-. The van der Waals surface area contributed by atoms with Gasteiger partial charge in [-0.1, -0.05) is 172 Å². The van der Waals surface area contributed by atoms with E-state index in [-0.39, 0.29) is 24.5 Å². The van der Waals surface area contributed by atoms with Crippen molar-refractivity contribution in [2.45, 2.75) is 238 Å². The summed E-state index contributed by atoms with van der Waals surface area (Å²) in [5.74, 6) is -2.30. The fourth-order valence-electron chi connectivity index (χ4n) is 6.96. The SMILES string of the molecule is CCCCC/C=C\C/C=C\C/C=C\CCCCCCCCC(=O)OC(CCCCCCCCCCCCC)CCCCCCCC(=O)NCC(=O)NC(CO)C(=O)O. The van der Waals surface area contributed by atoms with Gasteiger partial charge in [0.25, 0.3) is 0 Å². The van der Waals surface area contributed by atoms with E-state index in [1.54, 1.807) is 0 Å². The van der Waals surface area contributed by atoms with Crippen LogP contribution in [0.3, 0.4) is 0 Å². The van der Waals surface area contributed by atoms with Crippen LogP contribution in [0.1, 0.15) is 226 Å². The van der Waals surface area contributed by atoms with Crippen molar-refractivity contribution < 1.29 is 34.1 Å². The lowest BCUT2D eigenvalue weighted by molar-refractivity contribution is -0.150. The number of aliphatic hydroxyl groups is 1. The topological polar surface area (TPSA) is 142 Å². The molecule has 0 saturated heterocycles. The van der Waals surface area contributed by atoms with Crippen molar-refractivity contribution in [2.75, 3.05) is 13.2 Å². The van der Waals surface area contributed by atoms with Gasteiger partial charge in [-0.15, -0.1) is 0 Å². The highest BCUT2D eigenvalue weighted by Crippen LogP contribution is 2.19. The third-order valence-corrected chi connectivity index (χ3v) is 10.6. The normalized spacial score (nSPS) is 12.7. The average molecular weight is 817 g/mol. The van der Waals surface area contributed by atoms with E-state index in [0.717, 1.165) is 77.0 Å². The summed E-state index contributed by atoms with van der Waals surface area (Å²) in [6.07, 6.45) is 50.3. The molecule has 0 aromatic rings. The van der Waals surface area contributed by atoms with Crippen molar-refractivity contribution in [1.82, 2.24) is 10.6 Å². The predicted molar refractivity (Wildman–Crippen MR) is 241 cm³/mol. The number of amides is 2. The van der Waals surface area contributed by atoms with Gasteiger partial charge in [-0.3, -0.25) is 14.4 Å². The van der Waals surface area contributed by atoms with Gasteiger partial charge >= 0.3 is 11.9 Å². The van der Waals surface area contributed by atoms with Gasteiger partial charge < -0.3 is 25.6 Å². The number of carboxylic acids is 1. The molecule has 0 spiro atoms. The molecule has 0 saturated carbocycles. The lowest BCUT2D eigenvalue weighted by atomic mass is 10.0. The van der Waals surface area contributed by atoms with Gasteiger partial charge in [-0.25, -0.2) is 4.79 Å². The van der Waals surface area contributed by atoms with E-state index in [2.05, 4.69) is 60.9 Å². The summed E-state index contributed by atoms with van der Waals surface area (Å²) in [6.45, 7) is 3.47. The molecule has 0 aromatic carbocycles. The molecule has 0 heterocycles. The zero-order valence-corrected chi connectivity index (χ0v) is 37.3. The molecule has 0 aliphatic heterocycles. The van der Waals surface area contributed by atoms with Crippen LogP contribution in [0.2, 0.25) is 0 Å². The van der Waals surface area contributed by atoms with E-state index in [9.17, 15) is 19.2 Å². The van der Waals surface area contributed by atoms with Crippen molar-refractivity contribution in [3.63, 3.8) is 0 Å². The van der Waals surface area contributed by atoms with Gasteiger partial charge in [0.05, 0.1) is 13.2 Å². The minimum Gasteiger partial charge on any atom is -0.480 e. The molecule has 0 bridgehead atoms. The molecule has 0 radical (unpaired) electrons. The smallest absolute Gasteiger partial charge is 0.328 e. The predicted octanol–water partition coefficient (Wildman–Crippen LogP) is 12.2. The van der Waals surface area contributed by atoms with Crippen LogP contribution < -0.4 is 10.6 Å². The molecule has 9 nitrogen and oxygen atoms in total. The number of hydrogen-bond acceptors (Lipinski definition) is 6. The zero-order chi connectivity index (χ0) is 42.6. The van der Waals surface area contributed by atoms with Gasteiger partial charge in [0.1, 0.15) is 12.1 Å². The highest BCUT2D eigenvalue weighted by Gasteiger charge is 2.19. The molecular weight excluding hydrogens is 729 g/mol. The minimum atomic E-state index is -1.38. The summed E-state index contributed by atoms with van der Waals surface area (Å²) >= 11 is 0. The molecule has 336 valence electrons. The van der Waals surface area contributed by atoms with Gasteiger partial charge in [-0.2, -0.15) is 0 Å². The molecule has 0 aromatic heterocycles. The van der Waals surface area contributed by atoms with E-state index in [1.165, 1.54) is 116 Å². The molecule has 0 rings (SSSR count). The lowest BCUT2D eigenvalue weighted by Gasteiger charge is -2.18. The third-order valence-electron chi connectivity index (χ3n) is 10.6. The number of hydrogen-bond donors (Lipinski definition) is 4. The Morgan fingerprint density at radius 2 is 0.931 bits per heavy atom. The Morgan fingerprint density at radius 3 is 1.43 bits per heavy atom. The molecule has 2 atom stereocenters. The Bertz CT molecular complexity index is 1070. The Hall–Kier alpha value is -2.94. The molecule has 0 aliphatic rings. The number of carbonyl (C=O) groups is 4. The fraction of sp³-hybridized carbons (Fsp3) is 0.796. The number of ether oxygens (including phenoxy) is 1. The summed E-state index contributed by atoms with van der Waals surface area (Å²) in [7, 11) is 0. The van der Waals surface area contributed by atoms with E-state index < -0.39 is 24.5 Å². The first kappa shape index (κ1) is 55.1.